The third-order valence-electron chi connectivity index (χ3n) is 3.67. The number of aliphatic imine (C=N–C) groups is 1. The SMILES string of the molecule is COC(=O)C(F)CN=C(N)N1CCN(c2ccc(F)cc2)CC1. The van der Waals surface area contributed by atoms with Crippen LogP contribution in [0.15, 0.2) is 29.3 Å². The van der Waals surface area contributed by atoms with Crippen LogP contribution in [0.5, 0.6) is 0 Å². The molecule has 2 rings (SSSR count). The minimum Gasteiger partial charge on any atom is -0.467 e. The molecule has 2 N–H and O–H groups in total. The monoisotopic (exact) mass is 326 g/mol. The first-order valence-electron chi connectivity index (χ1n) is 7.28. The van der Waals surface area contributed by atoms with Gasteiger partial charge in [0, 0.05) is 31.9 Å². The van der Waals surface area contributed by atoms with Crippen molar-refractivity contribution >= 4 is 17.6 Å². The number of methoxy groups -OCH3 is 1. The highest BCUT2D eigenvalue weighted by Crippen LogP contribution is 2.16. The Bertz CT molecular complexity index is 557. The number of anilines is 1. The molecule has 0 bridgehead atoms. The zero-order valence-electron chi connectivity index (χ0n) is 12.9. The number of alkyl halides is 1. The summed E-state index contributed by atoms with van der Waals surface area (Å²) >= 11 is 0. The third kappa shape index (κ3) is 4.54. The molecule has 0 radical (unpaired) electrons. The topological polar surface area (TPSA) is 71.2 Å². The van der Waals surface area contributed by atoms with Crippen LogP contribution < -0.4 is 10.6 Å². The molecule has 1 unspecified atom stereocenters. The predicted octanol–water partition coefficient (Wildman–Crippen LogP) is 0.773. The number of benzene rings is 1. The van der Waals surface area contributed by atoms with Crippen molar-refractivity contribution in [1.29, 1.82) is 0 Å². The number of carbonyl (C=O) groups is 1. The van der Waals surface area contributed by atoms with Gasteiger partial charge in [0.1, 0.15) is 5.82 Å². The van der Waals surface area contributed by atoms with E-state index in [0.29, 0.717) is 26.2 Å². The maximum Gasteiger partial charge on any atom is 0.342 e. The zero-order valence-corrected chi connectivity index (χ0v) is 12.9. The van der Waals surface area contributed by atoms with E-state index < -0.39 is 12.1 Å². The fourth-order valence-electron chi connectivity index (χ4n) is 2.32. The van der Waals surface area contributed by atoms with Crippen molar-refractivity contribution in [2.75, 3.05) is 44.7 Å². The van der Waals surface area contributed by atoms with Gasteiger partial charge in [-0.05, 0) is 24.3 Å². The van der Waals surface area contributed by atoms with E-state index >= 15 is 0 Å². The number of rotatable bonds is 4. The van der Waals surface area contributed by atoms with Gasteiger partial charge < -0.3 is 20.3 Å². The summed E-state index contributed by atoms with van der Waals surface area (Å²) in [5, 5.41) is 0. The quantitative estimate of drug-likeness (QED) is 0.503. The Morgan fingerprint density at radius 1 is 1.30 bits per heavy atom. The molecule has 23 heavy (non-hydrogen) atoms. The molecule has 0 aliphatic carbocycles. The normalized spacial score (nSPS) is 17.1. The summed E-state index contributed by atoms with van der Waals surface area (Å²) in [6.07, 6.45) is -1.81. The van der Waals surface area contributed by atoms with Crippen LogP contribution in [0.1, 0.15) is 0 Å². The van der Waals surface area contributed by atoms with E-state index in [0.717, 1.165) is 12.8 Å². The van der Waals surface area contributed by atoms with Crippen molar-refractivity contribution in [3.63, 3.8) is 0 Å². The van der Waals surface area contributed by atoms with Crippen LogP contribution in [0.3, 0.4) is 0 Å². The molecule has 0 saturated carbocycles. The lowest BCUT2D eigenvalue weighted by Crippen LogP contribution is -2.51. The Kier molecular flexibility index (Phi) is 5.72. The molecule has 0 amide bonds. The Hall–Kier alpha value is -2.38. The smallest absolute Gasteiger partial charge is 0.342 e. The molecule has 1 aromatic carbocycles. The molecule has 8 heteroatoms. The van der Waals surface area contributed by atoms with E-state index in [1.54, 1.807) is 12.1 Å². The summed E-state index contributed by atoms with van der Waals surface area (Å²) < 4.78 is 30.6. The summed E-state index contributed by atoms with van der Waals surface area (Å²) in [6, 6.07) is 6.30. The van der Waals surface area contributed by atoms with Crippen LogP contribution in [0.2, 0.25) is 0 Å². The number of hydrogen-bond acceptors (Lipinski definition) is 4. The van der Waals surface area contributed by atoms with Crippen LogP contribution in [0.25, 0.3) is 0 Å². The van der Waals surface area contributed by atoms with Gasteiger partial charge in [0.15, 0.2) is 5.96 Å². The fraction of sp³-hybridized carbons (Fsp3) is 0.467. The van der Waals surface area contributed by atoms with Crippen molar-refractivity contribution < 1.29 is 18.3 Å². The van der Waals surface area contributed by atoms with Crippen molar-refractivity contribution in [3.05, 3.63) is 30.1 Å². The average Bonchev–Trinajstić information content (AvgIpc) is 2.59. The van der Waals surface area contributed by atoms with Gasteiger partial charge in [0.05, 0.1) is 13.7 Å². The number of nitrogens with two attached hydrogens (primary N) is 1. The molecule has 1 aromatic rings. The molecule has 1 aliphatic rings. The van der Waals surface area contributed by atoms with Crippen LogP contribution >= 0.6 is 0 Å². The molecule has 1 fully saturated rings. The molecular formula is C15H20F2N4O2. The van der Waals surface area contributed by atoms with E-state index in [1.165, 1.54) is 12.1 Å². The van der Waals surface area contributed by atoms with Gasteiger partial charge >= 0.3 is 5.97 Å². The Morgan fingerprint density at radius 3 is 2.48 bits per heavy atom. The average molecular weight is 326 g/mol. The van der Waals surface area contributed by atoms with Gasteiger partial charge in [-0.15, -0.1) is 0 Å². The molecule has 6 nitrogen and oxygen atoms in total. The first kappa shape index (κ1) is 17.0. The number of guanidine groups is 1. The van der Waals surface area contributed by atoms with E-state index in [1.807, 2.05) is 4.90 Å². The molecule has 1 heterocycles. The summed E-state index contributed by atoms with van der Waals surface area (Å²) in [5.74, 6) is -1.02. The van der Waals surface area contributed by atoms with Gasteiger partial charge in [-0.2, -0.15) is 0 Å². The Labute approximate surface area is 133 Å². The maximum absolute atomic E-state index is 13.3. The summed E-state index contributed by atoms with van der Waals surface area (Å²) in [6.45, 7) is 2.26. The number of nitrogens with zero attached hydrogens (tertiary/aromatic N) is 3. The van der Waals surface area contributed by atoms with E-state index in [2.05, 4.69) is 14.6 Å². The van der Waals surface area contributed by atoms with Crippen LogP contribution in [0.4, 0.5) is 14.5 Å². The molecule has 0 aromatic heterocycles. The number of hydrogen-bond donors (Lipinski definition) is 1. The molecule has 126 valence electrons. The second kappa shape index (κ2) is 7.75. The minimum absolute atomic E-state index is 0.204. The van der Waals surface area contributed by atoms with E-state index in [4.69, 9.17) is 5.73 Å². The number of carbonyl (C=O) groups excluding carboxylic acids is 1. The van der Waals surface area contributed by atoms with Crippen LogP contribution in [-0.4, -0.2) is 62.8 Å². The minimum atomic E-state index is -1.81. The number of esters is 1. The first-order chi connectivity index (χ1) is 11.0. The molecule has 1 aliphatic heterocycles. The lowest BCUT2D eigenvalue weighted by Gasteiger charge is -2.36. The molecule has 1 atom stereocenters. The summed E-state index contributed by atoms with van der Waals surface area (Å²) in [7, 11) is 1.12. The van der Waals surface area contributed by atoms with Gasteiger partial charge in [0.2, 0.25) is 6.17 Å². The third-order valence-corrected chi connectivity index (χ3v) is 3.67. The van der Waals surface area contributed by atoms with Crippen molar-refractivity contribution in [2.24, 2.45) is 10.7 Å². The van der Waals surface area contributed by atoms with Crippen molar-refractivity contribution in [2.45, 2.75) is 6.17 Å². The van der Waals surface area contributed by atoms with Crippen LogP contribution in [-0.2, 0) is 9.53 Å². The molecule has 0 spiro atoms. The lowest BCUT2D eigenvalue weighted by atomic mass is 10.2. The number of ether oxygens (including phenoxy) is 1. The maximum atomic E-state index is 13.3. The second-order valence-corrected chi connectivity index (χ2v) is 5.14. The van der Waals surface area contributed by atoms with Gasteiger partial charge in [-0.3, -0.25) is 0 Å². The largest absolute Gasteiger partial charge is 0.467 e. The first-order valence-corrected chi connectivity index (χ1v) is 7.28. The highest BCUT2D eigenvalue weighted by molar-refractivity contribution is 5.79. The number of halogens is 2. The number of piperazine rings is 1. The predicted molar refractivity (Wildman–Crippen MR) is 83.6 cm³/mol. The zero-order chi connectivity index (χ0) is 16.8. The van der Waals surface area contributed by atoms with Crippen molar-refractivity contribution in [3.8, 4) is 0 Å². The highest BCUT2D eigenvalue weighted by Gasteiger charge is 2.20. The Morgan fingerprint density at radius 2 is 1.91 bits per heavy atom. The fourth-order valence-corrected chi connectivity index (χ4v) is 2.32. The van der Waals surface area contributed by atoms with Gasteiger partial charge in [-0.25, -0.2) is 18.6 Å². The van der Waals surface area contributed by atoms with Crippen molar-refractivity contribution in [1.82, 2.24) is 4.90 Å². The van der Waals surface area contributed by atoms with E-state index in [-0.39, 0.29) is 18.3 Å². The summed E-state index contributed by atoms with van der Waals surface area (Å²) in [5.41, 5.74) is 6.77. The highest BCUT2D eigenvalue weighted by atomic mass is 19.1. The van der Waals surface area contributed by atoms with Gasteiger partial charge in [-0.1, -0.05) is 0 Å². The molecular weight excluding hydrogens is 306 g/mol. The van der Waals surface area contributed by atoms with E-state index in [9.17, 15) is 13.6 Å². The standard InChI is InChI=1S/C15H20F2N4O2/c1-23-14(22)13(17)10-19-15(18)21-8-6-20(7-9-21)12-4-2-11(16)3-5-12/h2-5,13H,6-10H2,1H3,(H2,18,19). The molecule has 1 saturated heterocycles. The summed E-state index contributed by atoms with van der Waals surface area (Å²) in [4.78, 5) is 18.8. The van der Waals surface area contributed by atoms with Crippen LogP contribution in [0, 0.1) is 5.82 Å². The lowest BCUT2D eigenvalue weighted by molar-refractivity contribution is -0.146. The van der Waals surface area contributed by atoms with Gasteiger partial charge in [0.25, 0.3) is 0 Å². The second-order valence-electron chi connectivity index (χ2n) is 5.14. The Balaban J connectivity index is 1.85.